The maximum Gasteiger partial charge on any atom is 0.266 e. The van der Waals surface area contributed by atoms with Gasteiger partial charge in [0.2, 0.25) is 0 Å². The fourth-order valence-corrected chi connectivity index (χ4v) is 2.02. The number of carbonyl (C=O) groups is 1. The normalized spacial score (nSPS) is 11.0. The van der Waals surface area contributed by atoms with Gasteiger partial charge in [-0.1, -0.05) is 23.2 Å². The van der Waals surface area contributed by atoms with Crippen LogP contribution in [0.15, 0.2) is 40.3 Å². The first-order valence-electron chi connectivity index (χ1n) is 6.56. The van der Waals surface area contributed by atoms with Gasteiger partial charge >= 0.3 is 0 Å². The van der Waals surface area contributed by atoms with E-state index in [-0.39, 0.29) is 5.57 Å². The fourth-order valence-electron chi connectivity index (χ4n) is 1.72. The largest absolute Gasteiger partial charge is 0.441 e. The van der Waals surface area contributed by atoms with Crippen LogP contribution < -0.4 is 10.2 Å². The van der Waals surface area contributed by atoms with E-state index in [0.29, 0.717) is 27.4 Å². The zero-order valence-corrected chi connectivity index (χ0v) is 13.9. The minimum atomic E-state index is -0.561. The molecule has 0 bridgehead atoms. The van der Waals surface area contributed by atoms with Crippen molar-refractivity contribution < 1.29 is 9.21 Å². The summed E-state index contributed by atoms with van der Waals surface area (Å²) in [4.78, 5) is 13.9. The van der Waals surface area contributed by atoms with Gasteiger partial charge in [-0.25, -0.2) is 0 Å². The van der Waals surface area contributed by atoms with Crippen LogP contribution in [0.3, 0.4) is 0 Å². The third-order valence-corrected chi connectivity index (χ3v) is 3.62. The summed E-state index contributed by atoms with van der Waals surface area (Å²) < 4.78 is 5.49. The number of benzene rings is 1. The zero-order chi connectivity index (χ0) is 17.0. The van der Waals surface area contributed by atoms with Gasteiger partial charge in [-0.2, -0.15) is 5.26 Å². The number of nitrogens with one attached hydrogen (secondary N) is 1. The topological polar surface area (TPSA) is 69.3 Å². The molecule has 1 heterocycles. The molecule has 0 fully saturated rings. The predicted octanol–water partition coefficient (Wildman–Crippen LogP) is 4.20. The molecule has 5 nitrogen and oxygen atoms in total. The van der Waals surface area contributed by atoms with Crippen molar-refractivity contribution in [3.05, 3.63) is 51.7 Å². The average molecular weight is 350 g/mol. The first kappa shape index (κ1) is 16.9. The zero-order valence-electron chi connectivity index (χ0n) is 12.4. The van der Waals surface area contributed by atoms with Gasteiger partial charge in [-0.05, 0) is 24.3 Å². The highest BCUT2D eigenvalue weighted by Crippen LogP contribution is 2.25. The quantitative estimate of drug-likeness (QED) is 0.663. The molecule has 0 unspecified atom stereocenters. The van der Waals surface area contributed by atoms with Crippen molar-refractivity contribution in [1.82, 2.24) is 0 Å². The van der Waals surface area contributed by atoms with Gasteiger partial charge in [0.25, 0.3) is 5.91 Å². The van der Waals surface area contributed by atoms with Crippen LogP contribution in [0.1, 0.15) is 5.76 Å². The molecule has 0 spiro atoms. The fraction of sp³-hybridized carbons (Fsp3) is 0.125. The Morgan fingerprint density at radius 2 is 2.00 bits per heavy atom. The molecule has 1 aromatic carbocycles. The Morgan fingerprint density at radius 1 is 1.26 bits per heavy atom. The van der Waals surface area contributed by atoms with Gasteiger partial charge in [0.1, 0.15) is 17.4 Å². The molecule has 0 aliphatic rings. The summed E-state index contributed by atoms with van der Waals surface area (Å²) in [6, 6.07) is 9.94. The van der Waals surface area contributed by atoms with Crippen molar-refractivity contribution in [3.8, 4) is 6.07 Å². The summed E-state index contributed by atoms with van der Waals surface area (Å²) in [5, 5.41) is 12.5. The molecule has 2 aromatic rings. The van der Waals surface area contributed by atoms with Crippen molar-refractivity contribution >= 4 is 46.8 Å². The SMILES string of the molecule is CN(C)c1ccc(/C=C(\C#N)C(=O)Nc2ccc(Cl)c(Cl)c2)o1. The Kier molecular flexibility index (Phi) is 5.32. The summed E-state index contributed by atoms with van der Waals surface area (Å²) >= 11 is 11.7. The summed E-state index contributed by atoms with van der Waals surface area (Å²) in [5.74, 6) is 0.474. The van der Waals surface area contributed by atoms with Crippen LogP contribution in [0.2, 0.25) is 10.0 Å². The summed E-state index contributed by atoms with van der Waals surface area (Å²) in [6.07, 6.45) is 1.37. The van der Waals surface area contributed by atoms with E-state index in [1.165, 1.54) is 12.1 Å². The first-order chi connectivity index (χ1) is 10.9. The van der Waals surface area contributed by atoms with E-state index in [9.17, 15) is 10.1 Å². The van der Waals surface area contributed by atoms with Crippen molar-refractivity contribution in [2.75, 3.05) is 24.3 Å². The third kappa shape index (κ3) is 4.28. The Morgan fingerprint density at radius 3 is 2.57 bits per heavy atom. The minimum Gasteiger partial charge on any atom is -0.441 e. The Balaban J connectivity index is 2.19. The van der Waals surface area contributed by atoms with Gasteiger partial charge < -0.3 is 14.6 Å². The van der Waals surface area contributed by atoms with Crippen LogP contribution in [-0.2, 0) is 4.79 Å². The molecule has 1 N–H and O–H groups in total. The van der Waals surface area contributed by atoms with E-state index in [1.54, 1.807) is 29.2 Å². The predicted molar refractivity (Wildman–Crippen MR) is 91.7 cm³/mol. The summed E-state index contributed by atoms with van der Waals surface area (Å²) in [5.41, 5.74) is 0.356. The number of nitriles is 1. The van der Waals surface area contributed by atoms with Crippen molar-refractivity contribution in [3.63, 3.8) is 0 Å². The van der Waals surface area contributed by atoms with Crippen LogP contribution in [0.5, 0.6) is 0 Å². The van der Waals surface area contributed by atoms with E-state index in [0.717, 1.165) is 0 Å². The second kappa shape index (κ2) is 7.23. The number of rotatable bonds is 4. The summed E-state index contributed by atoms with van der Waals surface area (Å²) in [7, 11) is 3.66. The molecule has 0 saturated heterocycles. The highest BCUT2D eigenvalue weighted by molar-refractivity contribution is 6.42. The van der Waals surface area contributed by atoms with E-state index in [4.69, 9.17) is 27.6 Å². The number of carbonyl (C=O) groups excluding carboxylic acids is 1. The van der Waals surface area contributed by atoms with E-state index >= 15 is 0 Å². The lowest BCUT2D eigenvalue weighted by atomic mass is 10.2. The molecular formula is C16H13Cl2N3O2. The number of amides is 1. The smallest absolute Gasteiger partial charge is 0.266 e. The number of furan rings is 1. The van der Waals surface area contributed by atoms with Gasteiger partial charge in [0.15, 0.2) is 5.88 Å². The molecular weight excluding hydrogens is 337 g/mol. The Labute approximate surface area is 143 Å². The highest BCUT2D eigenvalue weighted by Gasteiger charge is 2.12. The standard InChI is InChI=1S/C16H13Cl2N3O2/c1-21(2)15-6-4-12(23-15)7-10(9-19)16(22)20-11-3-5-13(17)14(18)8-11/h3-8H,1-2H3,(H,20,22)/b10-7+. The molecule has 23 heavy (non-hydrogen) atoms. The van der Waals surface area contributed by atoms with Gasteiger partial charge in [0, 0.05) is 31.9 Å². The average Bonchev–Trinajstić information content (AvgIpc) is 2.97. The lowest BCUT2D eigenvalue weighted by Gasteiger charge is -2.06. The summed E-state index contributed by atoms with van der Waals surface area (Å²) in [6.45, 7) is 0. The number of hydrogen-bond acceptors (Lipinski definition) is 4. The van der Waals surface area contributed by atoms with E-state index < -0.39 is 5.91 Å². The Hall–Kier alpha value is -2.42. The lowest BCUT2D eigenvalue weighted by molar-refractivity contribution is -0.112. The number of hydrogen-bond donors (Lipinski definition) is 1. The molecule has 0 atom stereocenters. The van der Waals surface area contributed by atoms with Crippen molar-refractivity contribution in [1.29, 1.82) is 5.26 Å². The second-order valence-corrected chi connectivity index (χ2v) is 5.64. The number of nitrogens with zero attached hydrogens (tertiary/aromatic N) is 2. The molecule has 0 saturated carbocycles. The minimum absolute atomic E-state index is 0.0873. The van der Waals surface area contributed by atoms with Crippen molar-refractivity contribution in [2.45, 2.75) is 0 Å². The van der Waals surface area contributed by atoms with E-state index in [2.05, 4.69) is 5.32 Å². The maximum atomic E-state index is 12.2. The molecule has 2 rings (SSSR count). The van der Waals surface area contributed by atoms with Crippen LogP contribution in [0.4, 0.5) is 11.6 Å². The molecule has 118 valence electrons. The van der Waals surface area contributed by atoms with Gasteiger partial charge in [-0.15, -0.1) is 0 Å². The molecule has 7 heteroatoms. The number of halogens is 2. The van der Waals surface area contributed by atoms with Gasteiger partial charge in [0.05, 0.1) is 10.0 Å². The molecule has 1 amide bonds. The molecule has 0 radical (unpaired) electrons. The first-order valence-corrected chi connectivity index (χ1v) is 7.31. The van der Waals surface area contributed by atoms with Crippen molar-refractivity contribution in [2.24, 2.45) is 0 Å². The third-order valence-electron chi connectivity index (χ3n) is 2.88. The monoisotopic (exact) mass is 349 g/mol. The van der Waals surface area contributed by atoms with Crippen LogP contribution >= 0.6 is 23.2 Å². The Bertz CT molecular complexity index is 804. The van der Waals surface area contributed by atoms with Gasteiger partial charge in [-0.3, -0.25) is 4.79 Å². The maximum absolute atomic E-state index is 12.2. The lowest BCUT2D eigenvalue weighted by Crippen LogP contribution is -2.13. The number of anilines is 2. The second-order valence-electron chi connectivity index (χ2n) is 4.82. The van der Waals surface area contributed by atoms with Crippen LogP contribution in [0, 0.1) is 11.3 Å². The van der Waals surface area contributed by atoms with E-state index in [1.807, 2.05) is 20.2 Å². The highest BCUT2D eigenvalue weighted by atomic mass is 35.5. The molecule has 1 aromatic heterocycles. The van der Waals surface area contributed by atoms with Crippen LogP contribution in [0.25, 0.3) is 6.08 Å². The van der Waals surface area contributed by atoms with Crippen LogP contribution in [-0.4, -0.2) is 20.0 Å². The molecule has 0 aliphatic heterocycles. The molecule has 0 aliphatic carbocycles.